The van der Waals surface area contributed by atoms with Gasteiger partial charge in [0, 0.05) is 6.07 Å². The number of carbonyl (C=O) groups excluding carboxylic acids is 1. The quantitative estimate of drug-likeness (QED) is 0.853. The summed E-state index contributed by atoms with van der Waals surface area (Å²) >= 11 is 0. The molecule has 2 rings (SSSR count). The van der Waals surface area contributed by atoms with E-state index >= 15 is 0 Å². The van der Waals surface area contributed by atoms with E-state index in [1.165, 1.54) is 6.07 Å². The minimum Gasteiger partial charge on any atom is -0.482 e. The van der Waals surface area contributed by atoms with Gasteiger partial charge in [-0.2, -0.15) is 13.2 Å². The molecule has 1 N–H and O–H groups in total. The van der Waals surface area contributed by atoms with Gasteiger partial charge in [0.05, 0.1) is 11.3 Å². The van der Waals surface area contributed by atoms with Crippen molar-refractivity contribution in [3.63, 3.8) is 0 Å². The highest BCUT2D eigenvalue weighted by Gasteiger charge is 2.29. The summed E-state index contributed by atoms with van der Waals surface area (Å²) in [6, 6.07) is 4.31. The average molecular weight is 331 g/mol. The van der Waals surface area contributed by atoms with Gasteiger partial charge in [-0.25, -0.2) is 4.39 Å². The predicted molar refractivity (Wildman–Crippen MR) is 74.1 cm³/mol. The number of alkyl halides is 3. The largest absolute Gasteiger partial charge is 0.482 e. The highest BCUT2D eigenvalue weighted by Crippen LogP contribution is 2.28. The fraction of sp³-hybridized carbons (Fsp3) is 0.267. The number of halogens is 4. The third kappa shape index (κ3) is 4.48. The first kappa shape index (κ1) is 16.9. The van der Waals surface area contributed by atoms with E-state index in [1.807, 2.05) is 0 Å². The molecule has 0 fully saturated rings. The molecule has 4 nitrogen and oxygen atoms in total. The van der Waals surface area contributed by atoms with Crippen LogP contribution in [0.25, 0.3) is 0 Å². The number of rotatable bonds is 4. The maximum absolute atomic E-state index is 13.3. The van der Waals surface area contributed by atoms with Gasteiger partial charge in [-0.1, -0.05) is 0 Å². The third-order valence-corrected chi connectivity index (χ3v) is 2.87. The molecule has 0 saturated heterocycles. The fourth-order valence-corrected chi connectivity index (χ4v) is 1.93. The molecule has 0 saturated carbocycles. The fourth-order valence-electron chi connectivity index (χ4n) is 1.93. The molecule has 0 unspecified atom stereocenters. The SMILES string of the molecule is Cc1cc(C(=O)Nc2cc(F)ccc2OCC(F)(F)F)c(C)o1. The van der Waals surface area contributed by atoms with Gasteiger partial charge in [-0.05, 0) is 32.0 Å². The highest BCUT2D eigenvalue weighted by atomic mass is 19.4. The van der Waals surface area contributed by atoms with E-state index in [-0.39, 0.29) is 17.0 Å². The second-order valence-corrected chi connectivity index (χ2v) is 4.83. The van der Waals surface area contributed by atoms with Crippen molar-refractivity contribution in [2.24, 2.45) is 0 Å². The standard InChI is InChI=1S/C15H13F4NO3/c1-8-5-11(9(2)23-8)14(21)20-12-6-10(16)3-4-13(12)22-7-15(17,18)19/h3-6H,7H2,1-2H3,(H,20,21). The van der Waals surface area contributed by atoms with Crippen LogP contribution in [0, 0.1) is 19.7 Å². The topological polar surface area (TPSA) is 51.5 Å². The summed E-state index contributed by atoms with van der Waals surface area (Å²) in [5, 5.41) is 2.33. The molecule has 1 amide bonds. The minimum absolute atomic E-state index is 0.197. The molecule has 0 radical (unpaired) electrons. The summed E-state index contributed by atoms with van der Waals surface area (Å²) in [6.45, 7) is 1.66. The van der Waals surface area contributed by atoms with Crippen molar-refractivity contribution in [2.75, 3.05) is 11.9 Å². The molecular formula is C15H13F4NO3. The van der Waals surface area contributed by atoms with Crippen molar-refractivity contribution in [1.82, 2.24) is 0 Å². The van der Waals surface area contributed by atoms with Crippen molar-refractivity contribution in [3.05, 3.63) is 47.2 Å². The Morgan fingerprint density at radius 3 is 2.52 bits per heavy atom. The number of furan rings is 1. The number of ether oxygens (including phenoxy) is 1. The second-order valence-electron chi connectivity index (χ2n) is 4.83. The number of amides is 1. The average Bonchev–Trinajstić information content (AvgIpc) is 2.76. The van der Waals surface area contributed by atoms with Crippen molar-refractivity contribution in [1.29, 1.82) is 0 Å². The lowest BCUT2D eigenvalue weighted by Gasteiger charge is -2.14. The molecule has 0 aliphatic heterocycles. The van der Waals surface area contributed by atoms with Crippen LogP contribution in [0.4, 0.5) is 23.2 Å². The Kier molecular flexibility index (Phi) is 4.63. The zero-order chi connectivity index (χ0) is 17.2. The third-order valence-electron chi connectivity index (χ3n) is 2.87. The molecule has 8 heteroatoms. The van der Waals surface area contributed by atoms with Gasteiger partial charge >= 0.3 is 6.18 Å². The number of anilines is 1. The predicted octanol–water partition coefficient (Wildman–Crippen LogP) is 4.23. The van der Waals surface area contributed by atoms with Gasteiger partial charge in [0.2, 0.25) is 0 Å². The summed E-state index contributed by atoms with van der Waals surface area (Å²) in [6.07, 6.45) is -4.55. The number of carbonyl (C=O) groups is 1. The van der Waals surface area contributed by atoms with Gasteiger partial charge in [0.1, 0.15) is 23.1 Å². The molecule has 0 spiro atoms. The Morgan fingerprint density at radius 1 is 1.26 bits per heavy atom. The van der Waals surface area contributed by atoms with Crippen molar-refractivity contribution in [3.8, 4) is 5.75 Å². The molecule has 0 aliphatic rings. The number of aryl methyl sites for hydroxylation is 2. The van der Waals surface area contributed by atoms with Gasteiger partial charge in [-0.3, -0.25) is 4.79 Å². The molecule has 0 bridgehead atoms. The first-order valence-corrected chi connectivity index (χ1v) is 6.53. The van der Waals surface area contributed by atoms with Gasteiger partial charge in [0.15, 0.2) is 6.61 Å². The smallest absolute Gasteiger partial charge is 0.422 e. The minimum atomic E-state index is -4.55. The molecule has 23 heavy (non-hydrogen) atoms. The Bertz CT molecular complexity index is 722. The lowest BCUT2D eigenvalue weighted by molar-refractivity contribution is -0.153. The monoisotopic (exact) mass is 331 g/mol. The lowest BCUT2D eigenvalue weighted by atomic mass is 10.2. The second kappa shape index (κ2) is 6.31. The van der Waals surface area contributed by atoms with Crippen LogP contribution in [0.2, 0.25) is 0 Å². The highest BCUT2D eigenvalue weighted by molar-refractivity contribution is 6.05. The molecule has 0 atom stereocenters. The maximum Gasteiger partial charge on any atom is 0.422 e. The summed E-state index contributed by atoms with van der Waals surface area (Å²) in [4.78, 5) is 12.1. The van der Waals surface area contributed by atoms with E-state index in [0.717, 1.165) is 18.2 Å². The number of nitrogens with one attached hydrogen (secondary N) is 1. The van der Waals surface area contributed by atoms with Crippen LogP contribution in [0.15, 0.2) is 28.7 Å². The summed E-state index contributed by atoms with van der Waals surface area (Å²) < 4.78 is 59.8. The van der Waals surface area contributed by atoms with E-state index in [2.05, 4.69) is 10.1 Å². The maximum atomic E-state index is 13.3. The van der Waals surface area contributed by atoms with Gasteiger partial charge < -0.3 is 14.5 Å². The Labute approximate surface area is 129 Å². The van der Waals surface area contributed by atoms with Crippen LogP contribution >= 0.6 is 0 Å². The van der Waals surface area contributed by atoms with E-state index in [0.29, 0.717) is 11.5 Å². The molecule has 1 aromatic heterocycles. The molecule has 1 aromatic carbocycles. The molecule has 0 aliphatic carbocycles. The van der Waals surface area contributed by atoms with Crippen molar-refractivity contribution < 1.29 is 31.5 Å². The first-order valence-electron chi connectivity index (χ1n) is 6.53. The van der Waals surface area contributed by atoms with Crippen molar-refractivity contribution in [2.45, 2.75) is 20.0 Å². The number of hydrogen-bond donors (Lipinski definition) is 1. The molecular weight excluding hydrogens is 318 g/mol. The van der Waals surface area contributed by atoms with Crippen molar-refractivity contribution >= 4 is 11.6 Å². The summed E-state index contributed by atoms with van der Waals surface area (Å²) in [5.41, 5.74) is 0.00559. The van der Waals surface area contributed by atoms with E-state index < -0.39 is 24.5 Å². The van der Waals surface area contributed by atoms with E-state index in [9.17, 15) is 22.4 Å². The zero-order valence-electron chi connectivity index (χ0n) is 12.3. The molecule has 1 heterocycles. The first-order chi connectivity index (χ1) is 10.7. The summed E-state index contributed by atoms with van der Waals surface area (Å²) in [7, 11) is 0. The zero-order valence-corrected chi connectivity index (χ0v) is 12.3. The Hall–Kier alpha value is -2.51. The van der Waals surface area contributed by atoms with Crippen LogP contribution in [-0.2, 0) is 0 Å². The summed E-state index contributed by atoms with van der Waals surface area (Å²) in [5.74, 6) is -0.800. The van der Waals surface area contributed by atoms with Crippen LogP contribution < -0.4 is 10.1 Å². The molecule has 124 valence electrons. The normalized spacial score (nSPS) is 11.4. The van der Waals surface area contributed by atoms with E-state index in [1.54, 1.807) is 13.8 Å². The van der Waals surface area contributed by atoms with Gasteiger partial charge in [-0.15, -0.1) is 0 Å². The number of benzene rings is 1. The van der Waals surface area contributed by atoms with Crippen LogP contribution in [-0.4, -0.2) is 18.7 Å². The van der Waals surface area contributed by atoms with Crippen LogP contribution in [0.3, 0.4) is 0 Å². The van der Waals surface area contributed by atoms with Gasteiger partial charge in [0.25, 0.3) is 5.91 Å². The Morgan fingerprint density at radius 2 is 1.96 bits per heavy atom. The van der Waals surface area contributed by atoms with Crippen LogP contribution in [0.5, 0.6) is 5.75 Å². The Balaban J connectivity index is 2.22. The van der Waals surface area contributed by atoms with Crippen LogP contribution in [0.1, 0.15) is 21.9 Å². The lowest BCUT2D eigenvalue weighted by Crippen LogP contribution is -2.20. The molecule has 2 aromatic rings. The number of hydrogen-bond acceptors (Lipinski definition) is 3. The van der Waals surface area contributed by atoms with E-state index in [4.69, 9.17) is 4.42 Å².